The molecule has 0 aliphatic carbocycles. The van der Waals surface area contributed by atoms with Gasteiger partial charge < -0.3 is 9.47 Å². The van der Waals surface area contributed by atoms with Crippen LogP contribution >= 0.6 is 15.9 Å². The SMILES string of the molecule is CC(C)(C)COC1=C(CC(=O)OC(C)(C)CCBr)CS(=O)(=O)[C@@H]2CC(=O)N12. The number of amides is 1. The molecule has 9 heteroatoms. The first-order chi connectivity index (χ1) is 12.3. The Kier molecular flexibility index (Phi) is 6.36. The standard InChI is InChI=1S/C18H28BrNO6S/c1-17(2,3)11-25-16-12(8-15(22)26-18(4,5)6-7-19)10-27(23,24)14-9-13(21)20(14)16/h14H,6-11H2,1-5H3/t14-/m1/s1. The Morgan fingerprint density at radius 3 is 2.41 bits per heavy atom. The minimum absolute atomic E-state index is 0.0410. The molecule has 2 heterocycles. The number of β-lactam (4-membered cyclic amide) rings is 1. The van der Waals surface area contributed by atoms with Crippen molar-refractivity contribution in [3.63, 3.8) is 0 Å². The first-order valence-electron chi connectivity index (χ1n) is 8.92. The van der Waals surface area contributed by atoms with E-state index < -0.39 is 26.8 Å². The maximum atomic E-state index is 12.5. The fraction of sp³-hybridized carbons (Fsp3) is 0.778. The highest BCUT2D eigenvalue weighted by Crippen LogP contribution is 2.38. The molecule has 0 radical (unpaired) electrons. The first-order valence-corrected chi connectivity index (χ1v) is 11.8. The van der Waals surface area contributed by atoms with E-state index in [1.165, 1.54) is 4.90 Å². The second-order valence-electron chi connectivity index (χ2n) is 8.84. The van der Waals surface area contributed by atoms with Crippen LogP contribution in [0, 0.1) is 5.41 Å². The van der Waals surface area contributed by atoms with E-state index >= 15 is 0 Å². The number of esters is 1. The maximum absolute atomic E-state index is 12.5. The number of fused-ring (bicyclic) bond motifs is 1. The van der Waals surface area contributed by atoms with E-state index in [9.17, 15) is 18.0 Å². The second kappa shape index (κ2) is 7.73. The third-order valence-electron chi connectivity index (χ3n) is 4.30. The lowest BCUT2D eigenvalue weighted by atomic mass is 9.98. The quantitative estimate of drug-likeness (QED) is 0.326. The van der Waals surface area contributed by atoms with Crippen LogP contribution in [0.5, 0.6) is 0 Å². The Morgan fingerprint density at radius 1 is 1.26 bits per heavy atom. The van der Waals surface area contributed by atoms with Gasteiger partial charge in [-0.05, 0) is 25.7 Å². The molecule has 0 spiro atoms. The number of hydrogen-bond acceptors (Lipinski definition) is 6. The van der Waals surface area contributed by atoms with Crippen LogP contribution in [-0.4, -0.2) is 53.9 Å². The summed E-state index contributed by atoms with van der Waals surface area (Å²) < 4.78 is 36.3. The van der Waals surface area contributed by atoms with Gasteiger partial charge in [0.25, 0.3) is 0 Å². The van der Waals surface area contributed by atoms with E-state index in [4.69, 9.17) is 9.47 Å². The highest BCUT2D eigenvalue weighted by Gasteiger charge is 2.52. The Balaban J connectivity index is 2.28. The van der Waals surface area contributed by atoms with Crippen molar-refractivity contribution < 1.29 is 27.5 Å². The largest absolute Gasteiger partial charge is 0.478 e. The Hall–Kier alpha value is -1.09. The summed E-state index contributed by atoms with van der Waals surface area (Å²) in [6, 6.07) is 0. The molecule has 0 bridgehead atoms. The highest BCUT2D eigenvalue weighted by atomic mass is 79.9. The normalized spacial score (nSPS) is 22.2. The summed E-state index contributed by atoms with van der Waals surface area (Å²) in [4.78, 5) is 25.7. The van der Waals surface area contributed by atoms with Crippen LogP contribution in [0.2, 0.25) is 0 Å². The summed E-state index contributed by atoms with van der Waals surface area (Å²) in [5.41, 5.74) is -0.574. The van der Waals surface area contributed by atoms with Gasteiger partial charge in [0.2, 0.25) is 5.91 Å². The Labute approximate surface area is 169 Å². The van der Waals surface area contributed by atoms with E-state index in [0.29, 0.717) is 18.4 Å². The monoisotopic (exact) mass is 465 g/mol. The zero-order valence-electron chi connectivity index (χ0n) is 16.5. The van der Waals surface area contributed by atoms with Gasteiger partial charge >= 0.3 is 5.97 Å². The van der Waals surface area contributed by atoms with Crippen molar-refractivity contribution in [2.24, 2.45) is 5.41 Å². The van der Waals surface area contributed by atoms with E-state index in [2.05, 4.69) is 15.9 Å². The number of carbonyl (C=O) groups excluding carboxylic acids is 2. The average molecular weight is 466 g/mol. The molecular formula is C18H28BrNO6S. The molecule has 7 nitrogen and oxygen atoms in total. The van der Waals surface area contributed by atoms with E-state index in [1.807, 2.05) is 20.8 Å². The van der Waals surface area contributed by atoms with Crippen molar-refractivity contribution in [2.75, 3.05) is 17.7 Å². The lowest BCUT2D eigenvalue weighted by molar-refractivity contribution is -0.156. The van der Waals surface area contributed by atoms with Crippen molar-refractivity contribution in [3.05, 3.63) is 11.5 Å². The fourth-order valence-electron chi connectivity index (χ4n) is 2.87. The number of halogens is 1. The van der Waals surface area contributed by atoms with Crippen LogP contribution in [0.1, 0.15) is 53.9 Å². The number of carbonyl (C=O) groups is 2. The molecule has 0 aromatic heterocycles. The van der Waals surface area contributed by atoms with Crippen LogP contribution in [0.3, 0.4) is 0 Å². The molecule has 1 amide bonds. The molecule has 1 fully saturated rings. The summed E-state index contributed by atoms with van der Waals surface area (Å²) >= 11 is 3.32. The molecule has 2 rings (SSSR count). The molecule has 0 aromatic carbocycles. The fourth-order valence-corrected chi connectivity index (χ4v) is 5.66. The Bertz CT molecular complexity index is 750. The van der Waals surface area contributed by atoms with Crippen molar-refractivity contribution in [3.8, 4) is 0 Å². The highest BCUT2D eigenvalue weighted by molar-refractivity contribution is 9.09. The van der Waals surface area contributed by atoms with Gasteiger partial charge in [0.05, 0.1) is 25.2 Å². The minimum atomic E-state index is -3.54. The lowest BCUT2D eigenvalue weighted by Gasteiger charge is -2.44. The number of hydrogen-bond donors (Lipinski definition) is 0. The summed E-state index contributed by atoms with van der Waals surface area (Å²) in [6.07, 6.45) is 0.359. The van der Waals surface area contributed by atoms with Gasteiger partial charge in [-0.1, -0.05) is 36.7 Å². The zero-order chi connectivity index (χ0) is 20.6. The van der Waals surface area contributed by atoms with Gasteiger partial charge in [-0.2, -0.15) is 0 Å². The van der Waals surface area contributed by atoms with Gasteiger partial charge in [-0.3, -0.25) is 14.5 Å². The smallest absolute Gasteiger partial charge is 0.310 e. The minimum Gasteiger partial charge on any atom is -0.478 e. The van der Waals surface area contributed by atoms with Crippen LogP contribution < -0.4 is 0 Å². The predicted molar refractivity (Wildman–Crippen MR) is 105 cm³/mol. The molecule has 27 heavy (non-hydrogen) atoms. The van der Waals surface area contributed by atoms with Crippen molar-refractivity contribution in [2.45, 2.75) is 64.9 Å². The van der Waals surface area contributed by atoms with Crippen LogP contribution in [-0.2, 0) is 28.9 Å². The van der Waals surface area contributed by atoms with Gasteiger partial charge in [0.1, 0.15) is 5.60 Å². The predicted octanol–water partition coefficient (Wildman–Crippen LogP) is 2.74. The van der Waals surface area contributed by atoms with Gasteiger partial charge in [0, 0.05) is 10.9 Å². The molecule has 0 N–H and O–H groups in total. The summed E-state index contributed by atoms with van der Waals surface area (Å²) in [5.74, 6) is -0.933. The third kappa shape index (κ3) is 5.47. The molecule has 0 unspecified atom stereocenters. The van der Waals surface area contributed by atoms with Crippen LogP contribution in [0.25, 0.3) is 0 Å². The molecular weight excluding hydrogens is 438 g/mol. The molecule has 1 saturated heterocycles. The molecule has 1 atom stereocenters. The van der Waals surface area contributed by atoms with E-state index in [0.717, 1.165) is 0 Å². The summed E-state index contributed by atoms with van der Waals surface area (Å²) in [7, 11) is -3.54. The van der Waals surface area contributed by atoms with Crippen LogP contribution in [0.15, 0.2) is 11.5 Å². The average Bonchev–Trinajstić information content (AvgIpc) is 2.45. The zero-order valence-corrected chi connectivity index (χ0v) is 18.9. The lowest BCUT2D eigenvalue weighted by Crippen LogP contribution is -2.59. The van der Waals surface area contributed by atoms with Crippen molar-refractivity contribution >= 4 is 37.6 Å². The molecule has 154 valence electrons. The van der Waals surface area contributed by atoms with Crippen molar-refractivity contribution in [1.82, 2.24) is 4.90 Å². The van der Waals surface area contributed by atoms with E-state index in [1.54, 1.807) is 13.8 Å². The van der Waals surface area contributed by atoms with Gasteiger partial charge in [0.15, 0.2) is 21.1 Å². The van der Waals surface area contributed by atoms with Crippen LogP contribution in [0.4, 0.5) is 0 Å². The molecule has 2 aliphatic heterocycles. The van der Waals surface area contributed by atoms with Crippen molar-refractivity contribution in [1.29, 1.82) is 0 Å². The maximum Gasteiger partial charge on any atom is 0.310 e. The number of sulfone groups is 1. The molecule has 2 aliphatic rings. The Morgan fingerprint density at radius 2 is 1.89 bits per heavy atom. The third-order valence-corrected chi connectivity index (χ3v) is 6.66. The summed E-state index contributed by atoms with van der Waals surface area (Å²) in [6.45, 7) is 9.80. The number of ether oxygens (including phenoxy) is 2. The molecule has 0 saturated carbocycles. The second-order valence-corrected chi connectivity index (χ2v) is 11.8. The number of rotatable bonds is 7. The van der Waals surface area contributed by atoms with Gasteiger partial charge in [-0.25, -0.2) is 8.42 Å². The summed E-state index contributed by atoms with van der Waals surface area (Å²) in [5, 5.41) is -0.210. The number of alkyl halides is 1. The van der Waals surface area contributed by atoms with E-state index in [-0.39, 0.29) is 41.4 Å². The first kappa shape index (κ1) is 22.2. The number of nitrogens with zero attached hydrogens (tertiary/aromatic N) is 1. The topological polar surface area (TPSA) is 90.0 Å². The molecule has 0 aromatic rings. The van der Waals surface area contributed by atoms with Gasteiger partial charge in [-0.15, -0.1) is 0 Å².